The number of hydrogen-bond donors (Lipinski definition) is 1. The Morgan fingerprint density at radius 3 is 2.84 bits per heavy atom. The first-order valence-corrected chi connectivity index (χ1v) is 9.22. The maximum absolute atomic E-state index is 11.5. The molecule has 106 valence electrons. The summed E-state index contributed by atoms with van der Waals surface area (Å²) in [6, 6.07) is 8.62. The molecule has 0 aromatic heterocycles. The molecule has 1 aliphatic rings. The van der Waals surface area contributed by atoms with Crippen molar-refractivity contribution in [1.82, 2.24) is 5.32 Å². The summed E-state index contributed by atoms with van der Waals surface area (Å²) < 4.78 is 24.1. The number of sulfone groups is 1. The van der Waals surface area contributed by atoms with Crippen LogP contribution in [0, 0.1) is 5.92 Å². The van der Waals surface area contributed by atoms with Crippen LogP contribution in [0.2, 0.25) is 0 Å². The Morgan fingerprint density at radius 2 is 2.26 bits per heavy atom. The van der Waals surface area contributed by atoms with Crippen molar-refractivity contribution in [3.8, 4) is 0 Å². The van der Waals surface area contributed by atoms with E-state index in [0.29, 0.717) is 23.5 Å². The lowest BCUT2D eigenvalue weighted by Crippen LogP contribution is -2.30. The lowest BCUT2D eigenvalue weighted by atomic mass is 9.95. The van der Waals surface area contributed by atoms with Crippen LogP contribution >= 0.6 is 15.9 Å². The zero-order valence-corrected chi connectivity index (χ0v) is 13.5. The van der Waals surface area contributed by atoms with Gasteiger partial charge in [-0.2, -0.15) is 0 Å². The number of halogens is 1. The van der Waals surface area contributed by atoms with Crippen LogP contribution in [-0.4, -0.2) is 33.0 Å². The molecule has 0 bridgehead atoms. The van der Waals surface area contributed by atoms with Crippen molar-refractivity contribution in [1.29, 1.82) is 0 Å². The minimum Gasteiger partial charge on any atom is -0.317 e. The van der Waals surface area contributed by atoms with Crippen LogP contribution in [0.3, 0.4) is 0 Å². The Labute approximate surface area is 123 Å². The Morgan fingerprint density at radius 1 is 1.47 bits per heavy atom. The number of benzene rings is 1. The molecule has 2 atom stereocenters. The number of hydrogen-bond acceptors (Lipinski definition) is 3. The third kappa shape index (κ3) is 4.58. The van der Waals surface area contributed by atoms with Gasteiger partial charge >= 0.3 is 0 Å². The molecule has 1 aromatic rings. The van der Waals surface area contributed by atoms with Gasteiger partial charge < -0.3 is 5.32 Å². The van der Waals surface area contributed by atoms with E-state index >= 15 is 0 Å². The molecule has 1 heterocycles. The van der Waals surface area contributed by atoms with Crippen LogP contribution in [0.1, 0.15) is 18.4 Å². The second-order valence-electron chi connectivity index (χ2n) is 5.32. The van der Waals surface area contributed by atoms with Crippen molar-refractivity contribution < 1.29 is 8.42 Å². The SMILES string of the molecule is CNC(Cc1cccc(Br)c1)CC1CCS(=O)(=O)C1. The zero-order valence-electron chi connectivity index (χ0n) is 11.1. The van der Waals surface area contributed by atoms with Crippen molar-refractivity contribution in [2.45, 2.75) is 25.3 Å². The average Bonchev–Trinajstić information content (AvgIpc) is 2.68. The van der Waals surface area contributed by atoms with Gasteiger partial charge in [0.05, 0.1) is 11.5 Å². The van der Waals surface area contributed by atoms with Crippen molar-refractivity contribution in [2.24, 2.45) is 5.92 Å². The van der Waals surface area contributed by atoms with Gasteiger partial charge in [-0.3, -0.25) is 0 Å². The molecule has 1 aliphatic heterocycles. The van der Waals surface area contributed by atoms with Crippen molar-refractivity contribution >= 4 is 25.8 Å². The lowest BCUT2D eigenvalue weighted by Gasteiger charge is -2.19. The Kier molecular flexibility index (Phi) is 5.03. The van der Waals surface area contributed by atoms with Crippen LogP contribution in [0.4, 0.5) is 0 Å². The molecule has 0 saturated carbocycles. The van der Waals surface area contributed by atoms with Crippen molar-refractivity contribution in [3.05, 3.63) is 34.3 Å². The maximum atomic E-state index is 11.5. The van der Waals surface area contributed by atoms with Gasteiger partial charge in [-0.25, -0.2) is 8.42 Å². The van der Waals surface area contributed by atoms with Gasteiger partial charge in [-0.05, 0) is 49.9 Å². The van der Waals surface area contributed by atoms with E-state index < -0.39 is 9.84 Å². The Hall–Kier alpha value is -0.390. The monoisotopic (exact) mass is 345 g/mol. The van der Waals surface area contributed by atoms with E-state index in [0.717, 1.165) is 23.7 Å². The van der Waals surface area contributed by atoms with Gasteiger partial charge in [0.25, 0.3) is 0 Å². The van der Waals surface area contributed by atoms with E-state index in [9.17, 15) is 8.42 Å². The maximum Gasteiger partial charge on any atom is 0.150 e. The molecule has 0 aliphatic carbocycles. The molecular weight excluding hydrogens is 326 g/mol. The highest BCUT2D eigenvalue weighted by Gasteiger charge is 2.29. The molecule has 0 radical (unpaired) electrons. The van der Waals surface area contributed by atoms with Gasteiger partial charge in [0.2, 0.25) is 0 Å². The molecule has 1 fully saturated rings. The minimum absolute atomic E-state index is 0.314. The normalized spacial score (nSPS) is 23.4. The van der Waals surface area contributed by atoms with Crippen molar-refractivity contribution in [2.75, 3.05) is 18.6 Å². The average molecular weight is 346 g/mol. The van der Waals surface area contributed by atoms with E-state index in [2.05, 4.69) is 33.4 Å². The molecule has 2 rings (SSSR count). The van der Waals surface area contributed by atoms with Gasteiger partial charge in [-0.1, -0.05) is 28.1 Å². The molecule has 0 amide bonds. The van der Waals surface area contributed by atoms with E-state index in [1.807, 2.05) is 19.2 Å². The third-order valence-corrected chi connectivity index (χ3v) is 6.05. The van der Waals surface area contributed by atoms with Crippen LogP contribution in [0.15, 0.2) is 28.7 Å². The largest absolute Gasteiger partial charge is 0.317 e. The summed E-state index contributed by atoms with van der Waals surface area (Å²) in [4.78, 5) is 0. The van der Waals surface area contributed by atoms with E-state index in [1.165, 1.54) is 5.56 Å². The fourth-order valence-electron chi connectivity index (χ4n) is 2.71. The number of nitrogens with one attached hydrogen (secondary N) is 1. The second-order valence-corrected chi connectivity index (χ2v) is 8.47. The molecule has 3 nitrogen and oxygen atoms in total. The summed E-state index contributed by atoms with van der Waals surface area (Å²) in [5.41, 5.74) is 1.27. The highest BCUT2D eigenvalue weighted by atomic mass is 79.9. The van der Waals surface area contributed by atoms with Crippen LogP contribution < -0.4 is 5.32 Å². The van der Waals surface area contributed by atoms with Gasteiger partial charge in [-0.15, -0.1) is 0 Å². The van der Waals surface area contributed by atoms with E-state index in [-0.39, 0.29) is 0 Å². The highest BCUT2D eigenvalue weighted by molar-refractivity contribution is 9.10. The summed E-state index contributed by atoms with van der Waals surface area (Å²) in [5, 5.41) is 3.31. The first-order valence-electron chi connectivity index (χ1n) is 6.60. The summed E-state index contributed by atoms with van der Waals surface area (Å²) in [5.74, 6) is 1.05. The lowest BCUT2D eigenvalue weighted by molar-refractivity contribution is 0.424. The van der Waals surface area contributed by atoms with E-state index in [1.54, 1.807) is 0 Å². The van der Waals surface area contributed by atoms with Gasteiger partial charge in [0.1, 0.15) is 0 Å². The summed E-state index contributed by atoms with van der Waals surface area (Å²) in [6.45, 7) is 0. The topological polar surface area (TPSA) is 46.2 Å². The molecule has 1 aromatic carbocycles. The van der Waals surface area contributed by atoms with Crippen molar-refractivity contribution in [3.63, 3.8) is 0 Å². The van der Waals surface area contributed by atoms with E-state index in [4.69, 9.17) is 0 Å². The fraction of sp³-hybridized carbons (Fsp3) is 0.571. The Balaban J connectivity index is 1.94. The number of likely N-dealkylation sites (N-methyl/N-ethyl adjacent to an activating group) is 1. The summed E-state index contributed by atoms with van der Waals surface area (Å²) in [6.07, 6.45) is 2.69. The second kappa shape index (κ2) is 6.37. The quantitative estimate of drug-likeness (QED) is 0.891. The van der Waals surface area contributed by atoms with Crippen LogP contribution in [0.25, 0.3) is 0 Å². The summed E-state index contributed by atoms with van der Waals surface area (Å²) >= 11 is 3.48. The predicted molar refractivity (Wildman–Crippen MR) is 82.1 cm³/mol. The Bertz CT molecular complexity index is 530. The summed E-state index contributed by atoms with van der Waals surface area (Å²) in [7, 11) is -0.814. The molecular formula is C14H20BrNO2S. The first kappa shape index (κ1) is 15.0. The highest BCUT2D eigenvalue weighted by Crippen LogP contribution is 2.24. The molecule has 5 heteroatoms. The first-order chi connectivity index (χ1) is 8.98. The van der Waals surface area contributed by atoms with Gasteiger partial charge in [0, 0.05) is 10.5 Å². The molecule has 1 saturated heterocycles. The van der Waals surface area contributed by atoms with Crippen LogP contribution in [0.5, 0.6) is 0 Å². The molecule has 0 spiro atoms. The third-order valence-electron chi connectivity index (χ3n) is 3.72. The van der Waals surface area contributed by atoms with Gasteiger partial charge in [0.15, 0.2) is 9.84 Å². The van der Waals surface area contributed by atoms with Crippen LogP contribution in [-0.2, 0) is 16.3 Å². The standard InChI is InChI=1S/C14H20BrNO2S/c1-16-14(8-11-3-2-4-13(15)7-11)9-12-5-6-19(17,18)10-12/h2-4,7,12,14,16H,5-6,8-10H2,1H3. The zero-order chi connectivity index (χ0) is 13.9. The molecule has 19 heavy (non-hydrogen) atoms. The number of rotatable bonds is 5. The predicted octanol–water partition coefficient (Wildman–Crippen LogP) is 2.40. The minimum atomic E-state index is -2.76. The fourth-order valence-corrected chi connectivity index (χ4v) is 5.04. The molecule has 1 N–H and O–H groups in total. The smallest absolute Gasteiger partial charge is 0.150 e. The molecule has 2 unspecified atom stereocenters.